The molecule has 1 heteroatoms. The Morgan fingerprint density at radius 3 is 2.47 bits per heavy atom. The van der Waals surface area contributed by atoms with Gasteiger partial charge in [0.2, 0.25) is 0 Å². The number of benzene rings is 1. The average Bonchev–Trinajstić information content (AvgIpc) is 3.08. The Labute approximate surface area is 117 Å². The smallest absolute Gasteiger partial charge is 0.0527 e. The quantitative estimate of drug-likeness (QED) is 0.841. The van der Waals surface area contributed by atoms with Gasteiger partial charge in [-0.3, -0.25) is 0 Å². The van der Waals surface area contributed by atoms with Crippen molar-refractivity contribution in [2.24, 2.45) is 17.8 Å². The standard InChI is InChI=1S/C18H26O/c1-2-18(13-19,17-6-4-3-5-7-17)12-16-11-14-8-9-15(16)10-14/h3-7,14-16,19H,2,8-13H2,1H3. The van der Waals surface area contributed by atoms with Crippen LogP contribution in [-0.2, 0) is 5.41 Å². The second-order valence-corrected chi connectivity index (χ2v) is 6.80. The van der Waals surface area contributed by atoms with Gasteiger partial charge in [0.1, 0.15) is 0 Å². The van der Waals surface area contributed by atoms with Crippen LogP contribution in [0.3, 0.4) is 0 Å². The fourth-order valence-corrected chi connectivity index (χ4v) is 4.65. The third-order valence-electron chi connectivity index (χ3n) is 5.90. The van der Waals surface area contributed by atoms with Crippen molar-refractivity contribution in [2.45, 2.75) is 50.9 Å². The molecule has 104 valence electrons. The molecule has 2 bridgehead atoms. The Balaban J connectivity index is 1.81. The Morgan fingerprint density at radius 1 is 1.16 bits per heavy atom. The van der Waals surface area contributed by atoms with E-state index in [1.807, 2.05) is 0 Å². The van der Waals surface area contributed by atoms with Gasteiger partial charge in [0, 0.05) is 5.41 Å². The number of rotatable bonds is 5. The van der Waals surface area contributed by atoms with E-state index in [9.17, 15) is 5.11 Å². The molecule has 1 N–H and O–H groups in total. The van der Waals surface area contributed by atoms with Crippen LogP contribution in [-0.4, -0.2) is 11.7 Å². The average molecular weight is 258 g/mol. The van der Waals surface area contributed by atoms with Crippen LogP contribution in [0.4, 0.5) is 0 Å². The summed E-state index contributed by atoms with van der Waals surface area (Å²) in [5.74, 6) is 2.80. The van der Waals surface area contributed by atoms with Gasteiger partial charge in [-0.25, -0.2) is 0 Å². The molecule has 19 heavy (non-hydrogen) atoms. The first-order valence-corrected chi connectivity index (χ1v) is 7.94. The van der Waals surface area contributed by atoms with Gasteiger partial charge in [-0.05, 0) is 55.4 Å². The molecule has 0 saturated heterocycles. The molecule has 0 aromatic heterocycles. The van der Waals surface area contributed by atoms with Gasteiger partial charge in [-0.15, -0.1) is 0 Å². The van der Waals surface area contributed by atoms with Crippen LogP contribution in [0.5, 0.6) is 0 Å². The van der Waals surface area contributed by atoms with Crippen molar-refractivity contribution in [2.75, 3.05) is 6.61 Å². The van der Waals surface area contributed by atoms with Gasteiger partial charge in [-0.1, -0.05) is 43.7 Å². The predicted molar refractivity (Wildman–Crippen MR) is 79.1 cm³/mol. The third kappa shape index (κ3) is 2.33. The van der Waals surface area contributed by atoms with Crippen LogP contribution in [0.15, 0.2) is 30.3 Å². The van der Waals surface area contributed by atoms with E-state index in [1.54, 1.807) is 0 Å². The molecule has 2 fully saturated rings. The van der Waals surface area contributed by atoms with E-state index in [-0.39, 0.29) is 5.41 Å². The van der Waals surface area contributed by atoms with Gasteiger partial charge in [-0.2, -0.15) is 0 Å². The lowest BCUT2D eigenvalue weighted by atomic mass is 9.69. The Kier molecular flexibility index (Phi) is 3.66. The van der Waals surface area contributed by atoms with Gasteiger partial charge >= 0.3 is 0 Å². The normalized spacial score (nSPS) is 32.4. The second kappa shape index (κ2) is 5.28. The van der Waals surface area contributed by atoms with Crippen molar-refractivity contribution in [3.8, 4) is 0 Å². The third-order valence-corrected chi connectivity index (χ3v) is 5.90. The van der Waals surface area contributed by atoms with Crippen LogP contribution in [0.1, 0.15) is 51.0 Å². The molecule has 0 heterocycles. The minimum Gasteiger partial charge on any atom is -0.395 e. The first kappa shape index (κ1) is 13.2. The topological polar surface area (TPSA) is 20.2 Å². The molecule has 2 aliphatic carbocycles. The summed E-state index contributed by atoms with van der Waals surface area (Å²) in [4.78, 5) is 0. The summed E-state index contributed by atoms with van der Waals surface area (Å²) in [5.41, 5.74) is 1.33. The van der Waals surface area contributed by atoms with Crippen LogP contribution in [0, 0.1) is 17.8 Å². The Hall–Kier alpha value is -0.820. The summed E-state index contributed by atoms with van der Waals surface area (Å²) in [6, 6.07) is 10.7. The maximum Gasteiger partial charge on any atom is 0.0527 e. The molecule has 4 atom stereocenters. The fourth-order valence-electron chi connectivity index (χ4n) is 4.65. The van der Waals surface area contributed by atoms with Crippen LogP contribution >= 0.6 is 0 Å². The molecular weight excluding hydrogens is 232 g/mol. The Morgan fingerprint density at radius 2 is 1.95 bits per heavy atom. The first-order chi connectivity index (χ1) is 9.27. The van der Waals surface area contributed by atoms with E-state index in [4.69, 9.17) is 0 Å². The lowest BCUT2D eigenvalue weighted by molar-refractivity contribution is 0.141. The van der Waals surface area contributed by atoms with E-state index in [0.717, 1.165) is 24.2 Å². The van der Waals surface area contributed by atoms with Crippen molar-refractivity contribution >= 4 is 0 Å². The summed E-state index contributed by atoms with van der Waals surface area (Å²) < 4.78 is 0. The van der Waals surface area contributed by atoms with E-state index >= 15 is 0 Å². The highest BCUT2D eigenvalue weighted by atomic mass is 16.3. The van der Waals surface area contributed by atoms with Crippen molar-refractivity contribution in [1.29, 1.82) is 0 Å². The molecule has 0 aliphatic heterocycles. The molecule has 0 amide bonds. The fraction of sp³-hybridized carbons (Fsp3) is 0.667. The predicted octanol–water partition coefficient (Wildman–Crippen LogP) is 4.15. The van der Waals surface area contributed by atoms with Crippen LogP contribution in [0.25, 0.3) is 0 Å². The lowest BCUT2D eigenvalue weighted by Gasteiger charge is -2.36. The highest BCUT2D eigenvalue weighted by Crippen LogP contribution is 2.52. The van der Waals surface area contributed by atoms with Gasteiger partial charge in [0.25, 0.3) is 0 Å². The SMILES string of the molecule is CCC(CO)(CC1CC2CCC1C2)c1ccccc1. The zero-order chi connectivity index (χ0) is 13.3. The van der Waals surface area contributed by atoms with Gasteiger partial charge in [0.05, 0.1) is 6.61 Å². The van der Waals surface area contributed by atoms with E-state index in [0.29, 0.717) is 6.61 Å². The number of hydrogen-bond donors (Lipinski definition) is 1. The number of hydrogen-bond acceptors (Lipinski definition) is 1. The summed E-state index contributed by atoms with van der Waals surface area (Å²) in [6.45, 7) is 2.53. The maximum atomic E-state index is 10.1. The number of aliphatic hydroxyl groups excluding tert-OH is 1. The number of fused-ring (bicyclic) bond motifs is 2. The summed E-state index contributed by atoms with van der Waals surface area (Å²) in [6.07, 6.45) is 8.01. The van der Waals surface area contributed by atoms with E-state index in [2.05, 4.69) is 37.3 Å². The Bertz CT molecular complexity index is 407. The molecular formula is C18H26O. The maximum absolute atomic E-state index is 10.1. The van der Waals surface area contributed by atoms with Crippen molar-refractivity contribution in [3.05, 3.63) is 35.9 Å². The second-order valence-electron chi connectivity index (χ2n) is 6.80. The van der Waals surface area contributed by atoms with Gasteiger partial charge in [0.15, 0.2) is 0 Å². The van der Waals surface area contributed by atoms with E-state index in [1.165, 1.54) is 37.7 Å². The van der Waals surface area contributed by atoms with Crippen LogP contribution in [0.2, 0.25) is 0 Å². The molecule has 3 rings (SSSR count). The molecule has 1 nitrogen and oxygen atoms in total. The minimum absolute atomic E-state index is 0.00356. The van der Waals surface area contributed by atoms with Crippen LogP contribution < -0.4 is 0 Å². The monoisotopic (exact) mass is 258 g/mol. The number of aliphatic hydroxyl groups is 1. The molecule has 1 aromatic carbocycles. The van der Waals surface area contributed by atoms with E-state index < -0.39 is 0 Å². The largest absolute Gasteiger partial charge is 0.395 e. The van der Waals surface area contributed by atoms with Crippen molar-refractivity contribution in [1.82, 2.24) is 0 Å². The minimum atomic E-state index is -0.00356. The molecule has 2 saturated carbocycles. The molecule has 4 unspecified atom stereocenters. The molecule has 0 spiro atoms. The molecule has 1 aromatic rings. The zero-order valence-electron chi connectivity index (χ0n) is 12.0. The summed E-state index contributed by atoms with van der Waals surface area (Å²) in [7, 11) is 0. The summed E-state index contributed by atoms with van der Waals surface area (Å²) >= 11 is 0. The lowest BCUT2D eigenvalue weighted by Crippen LogP contribution is -2.34. The zero-order valence-corrected chi connectivity index (χ0v) is 12.0. The summed E-state index contributed by atoms with van der Waals surface area (Å²) in [5, 5.41) is 10.1. The van der Waals surface area contributed by atoms with Crippen molar-refractivity contribution in [3.63, 3.8) is 0 Å². The van der Waals surface area contributed by atoms with Gasteiger partial charge < -0.3 is 5.11 Å². The van der Waals surface area contributed by atoms with Crippen molar-refractivity contribution < 1.29 is 5.11 Å². The highest BCUT2D eigenvalue weighted by Gasteiger charge is 2.43. The highest BCUT2D eigenvalue weighted by molar-refractivity contribution is 5.26. The first-order valence-electron chi connectivity index (χ1n) is 7.94. The molecule has 0 radical (unpaired) electrons. The molecule has 2 aliphatic rings.